The molecule has 1 saturated carbocycles. The fourth-order valence-electron chi connectivity index (χ4n) is 3.00. The van der Waals surface area contributed by atoms with Gasteiger partial charge in [-0.1, -0.05) is 25.9 Å². The molecule has 0 amide bonds. The molecule has 4 nitrogen and oxygen atoms in total. The zero-order chi connectivity index (χ0) is 13.9. The summed E-state index contributed by atoms with van der Waals surface area (Å²) in [6.07, 6.45) is 6.66. The van der Waals surface area contributed by atoms with Crippen LogP contribution >= 0.6 is 0 Å². The molecule has 1 aliphatic rings. The first-order valence-electron chi connectivity index (χ1n) is 7.53. The molecular formula is C15H27N3O. The van der Waals surface area contributed by atoms with Crippen LogP contribution in [-0.4, -0.2) is 16.7 Å². The Morgan fingerprint density at radius 3 is 2.47 bits per heavy atom. The molecule has 0 radical (unpaired) electrons. The van der Waals surface area contributed by atoms with Crippen LogP contribution in [0, 0.1) is 11.3 Å². The number of aromatic nitrogens is 2. The lowest BCUT2D eigenvalue weighted by atomic mass is 9.70. The fraction of sp³-hybridized carbons (Fsp3) is 0.867. The Hall–Kier alpha value is -0.900. The van der Waals surface area contributed by atoms with Crippen LogP contribution in [0.15, 0.2) is 4.52 Å². The highest BCUT2D eigenvalue weighted by molar-refractivity contribution is 4.97. The van der Waals surface area contributed by atoms with Crippen LogP contribution in [0.25, 0.3) is 0 Å². The molecule has 1 aromatic rings. The van der Waals surface area contributed by atoms with E-state index in [1.54, 1.807) is 0 Å². The van der Waals surface area contributed by atoms with Crippen LogP contribution in [0.3, 0.4) is 0 Å². The van der Waals surface area contributed by atoms with Crippen molar-refractivity contribution in [2.24, 2.45) is 17.1 Å². The molecule has 19 heavy (non-hydrogen) atoms. The molecule has 1 aliphatic carbocycles. The summed E-state index contributed by atoms with van der Waals surface area (Å²) in [5, 5.41) is 4.06. The summed E-state index contributed by atoms with van der Waals surface area (Å²) in [5.74, 6) is 2.96. The minimum absolute atomic E-state index is 0.423. The van der Waals surface area contributed by atoms with E-state index in [-0.39, 0.29) is 0 Å². The number of nitrogens with zero attached hydrogens (tertiary/aromatic N) is 2. The number of aryl methyl sites for hydroxylation is 1. The second-order valence-corrected chi connectivity index (χ2v) is 6.86. The molecule has 0 bridgehead atoms. The third-order valence-corrected chi connectivity index (χ3v) is 4.39. The number of rotatable bonds is 4. The van der Waals surface area contributed by atoms with Crippen molar-refractivity contribution in [3.63, 3.8) is 0 Å². The van der Waals surface area contributed by atoms with E-state index in [9.17, 15) is 0 Å². The van der Waals surface area contributed by atoms with Gasteiger partial charge in [-0.3, -0.25) is 0 Å². The zero-order valence-electron chi connectivity index (χ0n) is 12.5. The van der Waals surface area contributed by atoms with E-state index in [1.165, 1.54) is 25.7 Å². The monoisotopic (exact) mass is 265 g/mol. The summed E-state index contributed by atoms with van der Waals surface area (Å²) >= 11 is 0. The first-order valence-corrected chi connectivity index (χ1v) is 7.53. The standard InChI is InChI=1S/C15H27N3O/c1-15(2,3)12-8-6-11(7-9-12)14-17-13(18-19-14)5-4-10-16/h11-12H,4-10,16H2,1-3H3. The SMILES string of the molecule is CC(C)(C)C1CCC(c2nc(CCCN)no2)CC1. The molecule has 1 aromatic heterocycles. The smallest absolute Gasteiger partial charge is 0.229 e. The zero-order valence-corrected chi connectivity index (χ0v) is 12.5. The fourth-order valence-corrected chi connectivity index (χ4v) is 3.00. The minimum atomic E-state index is 0.423. The number of hydrogen-bond donors (Lipinski definition) is 1. The van der Waals surface area contributed by atoms with Gasteiger partial charge >= 0.3 is 0 Å². The Morgan fingerprint density at radius 2 is 1.89 bits per heavy atom. The van der Waals surface area contributed by atoms with E-state index >= 15 is 0 Å². The first kappa shape index (κ1) is 14.5. The molecule has 0 spiro atoms. The minimum Gasteiger partial charge on any atom is -0.339 e. The van der Waals surface area contributed by atoms with Crippen LogP contribution in [-0.2, 0) is 6.42 Å². The van der Waals surface area contributed by atoms with Crippen LogP contribution in [0.5, 0.6) is 0 Å². The molecule has 108 valence electrons. The van der Waals surface area contributed by atoms with Crippen LogP contribution < -0.4 is 5.73 Å². The summed E-state index contributed by atoms with van der Waals surface area (Å²) in [7, 11) is 0. The van der Waals surface area contributed by atoms with Gasteiger partial charge in [0.05, 0.1) is 0 Å². The van der Waals surface area contributed by atoms with Crippen molar-refractivity contribution in [2.45, 2.75) is 65.2 Å². The molecule has 0 aliphatic heterocycles. The van der Waals surface area contributed by atoms with E-state index in [4.69, 9.17) is 10.3 Å². The highest BCUT2D eigenvalue weighted by Gasteiger charge is 2.32. The van der Waals surface area contributed by atoms with E-state index in [0.29, 0.717) is 17.9 Å². The molecule has 1 fully saturated rings. The van der Waals surface area contributed by atoms with Crippen molar-refractivity contribution in [2.75, 3.05) is 6.54 Å². The highest BCUT2D eigenvalue weighted by atomic mass is 16.5. The Kier molecular flexibility index (Phi) is 4.61. The van der Waals surface area contributed by atoms with Crippen LogP contribution in [0.2, 0.25) is 0 Å². The van der Waals surface area contributed by atoms with Crippen molar-refractivity contribution in [3.8, 4) is 0 Å². The molecule has 2 rings (SSSR count). The average molecular weight is 265 g/mol. The summed E-state index contributed by atoms with van der Waals surface area (Å²) in [4.78, 5) is 4.53. The van der Waals surface area contributed by atoms with Crippen molar-refractivity contribution in [1.29, 1.82) is 0 Å². The Balaban J connectivity index is 1.89. The Labute approximate surface area is 116 Å². The van der Waals surface area contributed by atoms with Crippen molar-refractivity contribution < 1.29 is 4.52 Å². The lowest BCUT2D eigenvalue weighted by molar-refractivity contribution is 0.159. The lowest BCUT2D eigenvalue weighted by Crippen LogP contribution is -2.25. The molecule has 0 atom stereocenters. The van der Waals surface area contributed by atoms with Gasteiger partial charge in [0.2, 0.25) is 5.89 Å². The predicted molar refractivity (Wildman–Crippen MR) is 75.8 cm³/mol. The van der Waals surface area contributed by atoms with Gasteiger partial charge in [-0.2, -0.15) is 4.98 Å². The van der Waals surface area contributed by atoms with Gasteiger partial charge in [-0.05, 0) is 50.0 Å². The van der Waals surface area contributed by atoms with Crippen LogP contribution in [0.1, 0.15) is 70.5 Å². The number of nitrogens with two attached hydrogens (primary N) is 1. The second-order valence-electron chi connectivity index (χ2n) is 6.86. The first-order chi connectivity index (χ1) is 9.00. The van der Waals surface area contributed by atoms with E-state index < -0.39 is 0 Å². The van der Waals surface area contributed by atoms with Gasteiger partial charge in [-0.15, -0.1) is 0 Å². The van der Waals surface area contributed by atoms with Gasteiger partial charge in [0.1, 0.15) is 0 Å². The quantitative estimate of drug-likeness (QED) is 0.907. The van der Waals surface area contributed by atoms with Gasteiger partial charge in [-0.25, -0.2) is 0 Å². The van der Waals surface area contributed by atoms with E-state index in [2.05, 4.69) is 30.9 Å². The van der Waals surface area contributed by atoms with Gasteiger partial charge < -0.3 is 10.3 Å². The maximum atomic E-state index is 5.50. The van der Waals surface area contributed by atoms with Gasteiger partial charge in [0.15, 0.2) is 5.82 Å². The highest BCUT2D eigenvalue weighted by Crippen LogP contribution is 2.42. The van der Waals surface area contributed by atoms with Gasteiger partial charge in [0, 0.05) is 12.3 Å². The molecule has 0 saturated heterocycles. The van der Waals surface area contributed by atoms with Gasteiger partial charge in [0.25, 0.3) is 0 Å². The maximum absolute atomic E-state index is 5.50. The normalized spacial score (nSPS) is 24.6. The Morgan fingerprint density at radius 1 is 1.21 bits per heavy atom. The Bertz CT molecular complexity index is 386. The summed E-state index contributed by atoms with van der Waals surface area (Å²) in [6.45, 7) is 7.71. The van der Waals surface area contributed by atoms with E-state index in [0.717, 1.165) is 30.5 Å². The van der Waals surface area contributed by atoms with Crippen molar-refractivity contribution >= 4 is 0 Å². The molecule has 0 aromatic carbocycles. The van der Waals surface area contributed by atoms with Crippen LogP contribution in [0.4, 0.5) is 0 Å². The average Bonchev–Trinajstić information content (AvgIpc) is 2.84. The topological polar surface area (TPSA) is 64.9 Å². The largest absolute Gasteiger partial charge is 0.339 e. The lowest BCUT2D eigenvalue weighted by Gasteiger charge is -2.35. The van der Waals surface area contributed by atoms with E-state index in [1.807, 2.05) is 0 Å². The molecule has 1 heterocycles. The molecular weight excluding hydrogens is 238 g/mol. The molecule has 0 unspecified atom stereocenters. The maximum Gasteiger partial charge on any atom is 0.229 e. The third-order valence-electron chi connectivity index (χ3n) is 4.39. The molecule has 4 heteroatoms. The number of hydrogen-bond acceptors (Lipinski definition) is 4. The van der Waals surface area contributed by atoms with Crippen molar-refractivity contribution in [3.05, 3.63) is 11.7 Å². The summed E-state index contributed by atoms with van der Waals surface area (Å²) in [5.41, 5.74) is 5.92. The summed E-state index contributed by atoms with van der Waals surface area (Å²) in [6, 6.07) is 0. The second kappa shape index (κ2) is 6.04. The molecule has 2 N–H and O–H groups in total. The predicted octanol–water partition coefficient (Wildman–Crippen LogP) is 3.28. The van der Waals surface area contributed by atoms with Crippen molar-refractivity contribution in [1.82, 2.24) is 10.1 Å². The third kappa shape index (κ3) is 3.78. The summed E-state index contributed by atoms with van der Waals surface area (Å²) < 4.78 is 5.42.